The molecule has 1 aliphatic rings. The summed E-state index contributed by atoms with van der Waals surface area (Å²) in [5.41, 5.74) is 13.5. The first-order valence-corrected chi connectivity index (χ1v) is 6.52. The summed E-state index contributed by atoms with van der Waals surface area (Å²) in [5.74, 6) is 1.88. The lowest BCUT2D eigenvalue weighted by Gasteiger charge is -2.21. The van der Waals surface area contributed by atoms with Crippen LogP contribution in [0.5, 0.6) is 11.5 Å². The number of rotatable bonds is 4. The molecule has 1 heterocycles. The van der Waals surface area contributed by atoms with Gasteiger partial charge in [-0.2, -0.15) is 0 Å². The molecule has 1 aliphatic heterocycles. The standard InChI is InChI=1S/C14H23N3O2/c1-17-8-9(7-15)4-11(17)10-5-12(18-2)14(16)13(6-10)19-3/h5-6,9,11H,4,7-8,15-16H2,1-3H3. The monoisotopic (exact) mass is 265 g/mol. The van der Waals surface area contributed by atoms with E-state index in [2.05, 4.69) is 11.9 Å². The van der Waals surface area contributed by atoms with Crippen molar-refractivity contribution in [3.8, 4) is 11.5 Å². The van der Waals surface area contributed by atoms with E-state index in [4.69, 9.17) is 20.9 Å². The Morgan fingerprint density at radius 1 is 1.26 bits per heavy atom. The minimum Gasteiger partial charge on any atom is -0.494 e. The molecule has 1 aromatic rings. The highest BCUT2D eigenvalue weighted by Gasteiger charge is 2.30. The molecule has 1 aromatic carbocycles. The van der Waals surface area contributed by atoms with Gasteiger partial charge in [0, 0.05) is 12.6 Å². The van der Waals surface area contributed by atoms with Gasteiger partial charge >= 0.3 is 0 Å². The van der Waals surface area contributed by atoms with Gasteiger partial charge in [0.1, 0.15) is 17.2 Å². The van der Waals surface area contributed by atoms with Gasteiger partial charge in [-0.25, -0.2) is 0 Å². The first-order chi connectivity index (χ1) is 9.10. The molecule has 106 valence electrons. The van der Waals surface area contributed by atoms with Gasteiger partial charge in [0.25, 0.3) is 0 Å². The second kappa shape index (κ2) is 5.67. The van der Waals surface area contributed by atoms with E-state index in [-0.39, 0.29) is 0 Å². The Bertz CT molecular complexity index is 425. The van der Waals surface area contributed by atoms with E-state index in [1.54, 1.807) is 14.2 Å². The molecule has 0 aliphatic carbocycles. The third-order valence-electron chi connectivity index (χ3n) is 3.92. The Balaban J connectivity index is 2.34. The normalized spacial score (nSPS) is 23.6. The van der Waals surface area contributed by atoms with Crippen LogP contribution in [0.15, 0.2) is 12.1 Å². The van der Waals surface area contributed by atoms with Gasteiger partial charge < -0.3 is 20.9 Å². The molecule has 0 radical (unpaired) electrons. The van der Waals surface area contributed by atoms with Gasteiger partial charge in [-0.1, -0.05) is 0 Å². The summed E-state index contributed by atoms with van der Waals surface area (Å²) in [6.45, 7) is 1.75. The maximum absolute atomic E-state index is 5.98. The number of benzene rings is 1. The minimum atomic E-state index is 0.344. The lowest BCUT2D eigenvalue weighted by atomic mass is 9.99. The lowest BCUT2D eigenvalue weighted by Crippen LogP contribution is -2.20. The van der Waals surface area contributed by atoms with E-state index in [0.29, 0.717) is 29.1 Å². The van der Waals surface area contributed by atoms with Gasteiger partial charge in [-0.15, -0.1) is 0 Å². The molecule has 0 bridgehead atoms. The summed E-state index contributed by atoms with van der Waals surface area (Å²) in [7, 11) is 5.36. The highest BCUT2D eigenvalue weighted by Crippen LogP contribution is 2.40. The molecule has 1 fully saturated rings. The van der Waals surface area contributed by atoms with Crippen LogP contribution in [0.25, 0.3) is 0 Å². The number of nitrogen functional groups attached to an aromatic ring is 1. The molecule has 2 rings (SSSR count). The van der Waals surface area contributed by atoms with E-state index in [1.165, 1.54) is 5.56 Å². The van der Waals surface area contributed by atoms with Crippen molar-refractivity contribution in [3.63, 3.8) is 0 Å². The van der Waals surface area contributed by atoms with Crippen LogP contribution in [-0.4, -0.2) is 39.3 Å². The van der Waals surface area contributed by atoms with Crippen LogP contribution in [0.1, 0.15) is 18.0 Å². The van der Waals surface area contributed by atoms with Crippen molar-refractivity contribution >= 4 is 5.69 Å². The van der Waals surface area contributed by atoms with Crippen molar-refractivity contribution in [2.45, 2.75) is 12.5 Å². The zero-order valence-electron chi connectivity index (χ0n) is 11.8. The maximum Gasteiger partial charge on any atom is 0.145 e. The second-order valence-electron chi connectivity index (χ2n) is 5.13. The third kappa shape index (κ3) is 2.62. The number of ether oxygens (including phenoxy) is 2. The highest BCUT2D eigenvalue weighted by atomic mass is 16.5. The Hall–Kier alpha value is -1.46. The van der Waals surface area contributed by atoms with Gasteiger partial charge in [0.05, 0.1) is 14.2 Å². The summed E-state index contributed by atoms with van der Waals surface area (Å²) >= 11 is 0. The van der Waals surface area contributed by atoms with Gasteiger partial charge in [0.2, 0.25) is 0 Å². The van der Waals surface area contributed by atoms with E-state index in [1.807, 2.05) is 12.1 Å². The lowest BCUT2D eigenvalue weighted by molar-refractivity contribution is 0.311. The zero-order valence-corrected chi connectivity index (χ0v) is 11.8. The molecule has 2 unspecified atom stereocenters. The number of nitrogens with zero attached hydrogens (tertiary/aromatic N) is 1. The Labute approximate surface area is 114 Å². The summed E-state index contributed by atoms with van der Waals surface area (Å²) in [5, 5.41) is 0. The molecular formula is C14H23N3O2. The van der Waals surface area contributed by atoms with Crippen molar-refractivity contribution < 1.29 is 9.47 Å². The van der Waals surface area contributed by atoms with E-state index in [0.717, 1.165) is 19.5 Å². The molecule has 0 amide bonds. The number of nitrogens with two attached hydrogens (primary N) is 2. The highest BCUT2D eigenvalue weighted by molar-refractivity contribution is 5.64. The number of anilines is 1. The predicted octanol–water partition coefficient (Wildman–Crippen LogP) is 1.24. The number of methoxy groups -OCH3 is 2. The molecule has 1 saturated heterocycles. The topological polar surface area (TPSA) is 73.7 Å². The number of likely N-dealkylation sites (tertiary alicyclic amines) is 1. The number of hydrogen-bond acceptors (Lipinski definition) is 5. The van der Waals surface area contributed by atoms with E-state index >= 15 is 0 Å². The zero-order chi connectivity index (χ0) is 14.0. The van der Waals surface area contributed by atoms with Crippen LogP contribution >= 0.6 is 0 Å². The summed E-state index contributed by atoms with van der Waals surface area (Å²) in [6, 6.07) is 4.34. The van der Waals surface area contributed by atoms with Crippen LogP contribution in [0.2, 0.25) is 0 Å². The van der Waals surface area contributed by atoms with Crippen LogP contribution < -0.4 is 20.9 Å². The molecule has 0 spiro atoms. The van der Waals surface area contributed by atoms with Gasteiger partial charge in [-0.3, -0.25) is 4.90 Å². The quantitative estimate of drug-likeness (QED) is 0.801. The molecule has 0 saturated carbocycles. The fraction of sp³-hybridized carbons (Fsp3) is 0.571. The fourth-order valence-corrected chi connectivity index (χ4v) is 2.82. The Morgan fingerprint density at radius 3 is 2.26 bits per heavy atom. The molecular weight excluding hydrogens is 242 g/mol. The van der Waals surface area contributed by atoms with Crippen molar-refractivity contribution in [3.05, 3.63) is 17.7 Å². The first kappa shape index (κ1) is 14.0. The van der Waals surface area contributed by atoms with Gasteiger partial charge in [-0.05, 0) is 43.6 Å². The molecule has 19 heavy (non-hydrogen) atoms. The van der Waals surface area contributed by atoms with E-state index in [9.17, 15) is 0 Å². The summed E-state index contributed by atoms with van der Waals surface area (Å²) in [6.07, 6.45) is 1.06. The minimum absolute atomic E-state index is 0.344. The van der Waals surface area contributed by atoms with Crippen molar-refractivity contribution in [2.24, 2.45) is 11.7 Å². The third-order valence-corrected chi connectivity index (χ3v) is 3.92. The van der Waals surface area contributed by atoms with Crippen molar-refractivity contribution in [1.29, 1.82) is 0 Å². The van der Waals surface area contributed by atoms with Crippen LogP contribution in [0.3, 0.4) is 0 Å². The smallest absolute Gasteiger partial charge is 0.145 e. The van der Waals surface area contributed by atoms with Crippen LogP contribution in [0, 0.1) is 5.92 Å². The Kier molecular flexibility index (Phi) is 4.17. The maximum atomic E-state index is 5.98. The van der Waals surface area contributed by atoms with E-state index < -0.39 is 0 Å². The molecule has 5 heteroatoms. The van der Waals surface area contributed by atoms with Crippen LogP contribution in [-0.2, 0) is 0 Å². The first-order valence-electron chi connectivity index (χ1n) is 6.52. The van der Waals surface area contributed by atoms with Gasteiger partial charge in [0.15, 0.2) is 0 Å². The largest absolute Gasteiger partial charge is 0.494 e. The predicted molar refractivity (Wildman–Crippen MR) is 76.5 cm³/mol. The Morgan fingerprint density at radius 2 is 1.84 bits per heavy atom. The van der Waals surface area contributed by atoms with Crippen molar-refractivity contribution in [2.75, 3.05) is 40.1 Å². The molecule has 2 atom stereocenters. The number of hydrogen-bond donors (Lipinski definition) is 2. The summed E-state index contributed by atoms with van der Waals surface area (Å²) in [4.78, 5) is 2.32. The SMILES string of the molecule is COc1cc(C2CC(CN)CN2C)cc(OC)c1N. The molecule has 4 N–H and O–H groups in total. The summed E-state index contributed by atoms with van der Waals surface area (Å²) < 4.78 is 10.7. The van der Waals surface area contributed by atoms with Crippen LogP contribution in [0.4, 0.5) is 5.69 Å². The second-order valence-corrected chi connectivity index (χ2v) is 5.13. The average molecular weight is 265 g/mol. The molecule has 5 nitrogen and oxygen atoms in total. The fourth-order valence-electron chi connectivity index (χ4n) is 2.82. The molecule has 0 aromatic heterocycles. The van der Waals surface area contributed by atoms with Crippen molar-refractivity contribution in [1.82, 2.24) is 4.90 Å². The average Bonchev–Trinajstić information content (AvgIpc) is 2.80.